The van der Waals surface area contributed by atoms with Crippen molar-refractivity contribution in [3.63, 3.8) is 0 Å². The molecule has 0 amide bonds. The highest BCUT2D eigenvalue weighted by Gasteiger charge is 2.23. The van der Waals surface area contributed by atoms with E-state index in [1.54, 1.807) is 0 Å². The number of H-pyrrole nitrogens is 1. The summed E-state index contributed by atoms with van der Waals surface area (Å²) in [5.74, 6) is -7.44. The molecule has 2 aromatic rings. The maximum atomic E-state index is 13.2. The van der Waals surface area contributed by atoms with E-state index in [2.05, 4.69) is 9.97 Å². The lowest BCUT2D eigenvalue weighted by Crippen LogP contribution is -2.25. The average molecular weight is 230 g/mol. The molecule has 0 radical (unpaired) electrons. The number of aromatic nitrogens is 2. The molecule has 0 aliphatic carbocycles. The summed E-state index contributed by atoms with van der Waals surface area (Å²) in [6.07, 6.45) is 0. The second-order valence-electron chi connectivity index (χ2n) is 3.13. The van der Waals surface area contributed by atoms with E-state index in [-0.39, 0.29) is 5.72 Å². The third kappa shape index (κ3) is 1.29. The van der Waals surface area contributed by atoms with Gasteiger partial charge in [0.2, 0.25) is 0 Å². The zero-order valence-electron chi connectivity index (χ0n) is 7.87. The first-order chi connectivity index (χ1) is 7.43. The molecule has 1 aromatic heterocycles. The van der Waals surface area contributed by atoms with Crippen molar-refractivity contribution in [2.75, 3.05) is 0 Å². The Morgan fingerprint density at radius 1 is 1.00 bits per heavy atom. The Hall–Kier alpha value is -1.86. The molecule has 1 heterocycles. The third-order valence-corrected chi connectivity index (χ3v) is 2.04. The molecule has 0 fully saturated rings. The normalized spacial score (nSPS) is 11.0. The molecule has 0 saturated carbocycles. The van der Waals surface area contributed by atoms with Gasteiger partial charge in [0.05, 0.1) is 5.72 Å². The Morgan fingerprint density at radius 2 is 1.56 bits per heavy atom. The minimum atomic E-state index is -2.03. The van der Waals surface area contributed by atoms with Gasteiger partial charge in [-0.15, -0.1) is 0 Å². The van der Waals surface area contributed by atoms with Crippen LogP contribution in [0.4, 0.5) is 17.6 Å². The van der Waals surface area contributed by atoms with Gasteiger partial charge in [-0.3, -0.25) is 4.79 Å². The van der Waals surface area contributed by atoms with Crippen LogP contribution in [0, 0.1) is 23.3 Å². The molecule has 2 rings (SSSR count). The molecule has 0 aliphatic rings. The van der Waals surface area contributed by atoms with Crippen molar-refractivity contribution >= 4 is 24.5 Å². The second kappa shape index (κ2) is 3.33. The second-order valence-corrected chi connectivity index (χ2v) is 3.13. The van der Waals surface area contributed by atoms with Gasteiger partial charge in [0.1, 0.15) is 10.9 Å². The minimum Gasteiger partial charge on any atom is -0.319 e. The van der Waals surface area contributed by atoms with Gasteiger partial charge in [-0.05, 0) is 0 Å². The van der Waals surface area contributed by atoms with Crippen molar-refractivity contribution < 1.29 is 17.6 Å². The molecule has 3 nitrogen and oxygen atoms in total. The fourth-order valence-electron chi connectivity index (χ4n) is 1.35. The number of fused-ring (bicyclic) bond motifs is 1. The molecule has 8 heteroatoms. The Bertz CT molecular complexity index is 655. The monoisotopic (exact) mass is 230 g/mol. The van der Waals surface area contributed by atoms with E-state index in [0.717, 1.165) is 0 Å². The van der Waals surface area contributed by atoms with Crippen LogP contribution in [-0.4, -0.2) is 17.8 Å². The summed E-state index contributed by atoms with van der Waals surface area (Å²) in [6, 6.07) is 0. The molecule has 1 aromatic carbocycles. The van der Waals surface area contributed by atoms with Gasteiger partial charge in [-0.2, -0.15) is 0 Å². The Kier molecular flexibility index (Phi) is 2.21. The predicted molar refractivity (Wildman–Crippen MR) is 50.4 cm³/mol. The smallest absolute Gasteiger partial charge is 0.261 e. The lowest BCUT2D eigenvalue weighted by molar-refractivity contribution is 0.417. The topological polar surface area (TPSA) is 45.8 Å². The van der Waals surface area contributed by atoms with Crippen molar-refractivity contribution in [1.29, 1.82) is 0 Å². The quantitative estimate of drug-likeness (QED) is 0.293. The summed E-state index contributed by atoms with van der Waals surface area (Å²) in [6.45, 7) is 0. The number of nitrogens with one attached hydrogen (secondary N) is 1. The first kappa shape index (κ1) is 10.7. The summed E-state index contributed by atoms with van der Waals surface area (Å²) in [5, 5.41) is -0.929. The van der Waals surface area contributed by atoms with Gasteiger partial charge in [-0.25, -0.2) is 22.5 Å². The number of hydrogen-bond donors (Lipinski definition) is 1. The van der Waals surface area contributed by atoms with E-state index in [1.807, 2.05) is 0 Å². The number of rotatable bonds is 0. The summed E-state index contributed by atoms with van der Waals surface area (Å²) in [5.41, 5.74) is -1.91. The molecule has 0 bridgehead atoms. The van der Waals surface area contributed by atoms with Crippen LogP contribution in [0.3, 0.4) is 0 Å². The Morgan fingerprint density at radius 3 is 2.19 bits per heavy atom. The van der Waals surface area contributed by atoms with Gasteiger partial charge in [0, 0.05) is 0 Å². The maximum absolute atomic E-state index is 13.2. The van der Waals surface area contributed by atoms with Crippen LogP contribution in [0.2, 0.25) is 0 Å². The number of aromatic amines is 1. The fourth-order valence-corrected chi connectivity index (χ4v) is 1.35. The number of benzene rings is 1. The summed E-state index contributed by atoms with van der Waals surface area (Å²) in [4.78, 5) is 16.7. The van der Waals surface area contributed by atoms with E-state index in [0.29, 0.717) is 0 Å². The van der Waals surface area contributed by atoms with Gasteiger partial charge in [0.25, 0.3) is 5.56 Å². The van der Waals surface area contributed by atoms with Gasteiger partial charge < -0.3 is 4.98 Å². The molecular weight excluding hydrogens is 227 g/mol. The lowest BCUT2D eigenvalue weighted by atomic mass is 10.1. The largest absolute Gasteiger partial charge is 0.319 e. The first-order valence-electron chi connectivity index (χ1n) is 4.16. The van der Waals surface area contributed by atoms with Crippen LogP contribution in [0.5, 0.6) is 0 Å². The van der Waals surface area contributed by atoms with E-state index in [4.69, 9.17) is 0 Å². The van der Waals surface area contributed by atoms with Crippen molar-refractivity contribution in [1.82, 2.24) is 9.97 Å². The average Bonchev–Trinajstić information content (AvgIpc) is 2.22. The Labute approximate surface area is 86.5 Å². The molecule has 0 unspecified atom stereocenters. The summed E-state index contributed by atoms with van der Waals surface area (Å²) < 4.78 is 52.1. The molecule has 0 spiro atoms. The highest BCUT2D eigenvalue weighted by molar-refractivity contribution is 6.29. The fraction of sp³-hybridized carbons (Fsp3) is 0. The standard InChI is InChI=1S/C8H3BF4N2O/c9-8-14-6-1(7(16)15-8)2(10)3(11)4(12)5(6)13/h9H2,(H,14,15,16). The zero-order valence-corrected chi connectivity index (χ0v) is 7.87. The van der Waals surface area contributed by atoms with E-state index < -0.39 is 39.7 Å². The van der Waals surface area contributed by atoms with Crippen molar-refractivity contribution in [2.45, 2.75) is 0 Å². The van der Waals surface area contributed by atoms with E-state index >= 15 is 0 Å². The number of nitrogens with zero attached hydrogens (tertiary/aromatic N) is 1. The van der Waals surface area contributed by atoms with Crippen LogP contribution in [0.25, 0.3) is 10.9 Å². The number of hydrogen-bond acceptors (Lipinski definition) is 2. The van der Waals surface area contributed by atoms with Gasteiger partial charge in [-0.1, -0.05) is 0 Å². The maximum Gasteiger partial charge on any atom is 0.261 e. The van der Waals surface area contributed by atoms with Crippen molar-refractivity contribution in [2.24, 2.45) is 0 Å². The van der Waals surface area contributed by atoms with E-state index in [1.165, 1.54) is 7.85 Å². The molecular formula is C8H3BF4N2O. The van der Waals surface area contributed by atoms with Crippen LogP contribution in [0.15, 0.2) is 4.79 Å². The van der Waals surface area contributed by atoms with Crippen LogP contribution in [-0.2, 0) is 0 Å². The Balaban J connectivity index is 3.15. The SMILES string of the molecule is Bc1nc2c(F)c(F)c(F)c(F)c2c(=O)[nH]1. The summed E-state index contributed by atoms with van der Waals surface area (Å²) >= 11 is 0. The number of halogens is 4. The molecule has 0 saturated heterocycles. The zero-order chi connectivity index (χ0) is 12.0. The molecule has 16 heavy (non-hydrogen) atoms. The lowest BCUT2D eigenvalue weighted by Gasteiger charge is -2.03. The van der Waals surface area contributed by atoms with Gasteiger partial charge in [0.15, 0.2) is 31.1 Å². The van der Waals surface area contributed by atoms with Crippen molar-refractivity contribution in [3.05, 3.63) is 33.6 Å². The highest BCUT2D eigenvalue weighted by atomic mass is 19.2. The molecule has 0 atom stereocenters. The van der Waals surface area contributed by atoms with Gasteiger partial charge >= 0.3 is 0 Å². The van der Waals surface area contributed by atoms with Crippen molar-refractivity contribution in [3.8, 4) is 0 Å². The van der Waals surface area contributed by atoms with Crippen LogP contribution >= 0.6 is 0 Å². The van der Waals surface area contributed by atoms with Crippen LogP contribution < -0.4 is 11.3 Å². The molecule has 82 valence electrons. The highest BCUT2D eigenvalue weighted by Crippen LogP contribution is 2.21. The molecule has 1 N–H and O–H groups in total. The third-order valence-electron chi connectivity index (χ3n) is 2.04. The summed E-state index contributed by atoms with van der Waals surface area (Å²) in [7, 11) is 1.31. The van der Waals surface area contributed by atoms with E-state index in [9.17, 15) is 22.4 Å². The molecule has 0 aliphatic heterocycles. The minimum absolute atomic E-state index is 0.0261. The van der Waals surface area contributed by atoms with Crippen LogP contribution in [0.1, 0.15) is 0 Å². The predicted octanol–water partition coefficient (Wildman–Crippen LogP) is -0.262. The first-order valence-corrected chi connectivity index (χ1v) is 4.16.